The third kappa shape index (κ3) is 2.98. The number of benzene rings is 1. The van der Waals surface area contributed by atoms with E-state index in [1.807, 2.05) is 20.2 Å². The predicted molar refractivity (Wildman–Crippen MR) is 75.9 cm³/mol. The number of halogens is 1. The summed E-state index contributed by atoms with van der Waals surface area (Å²) in [6.07, 6.45) is 0.686. The quantitative estimate of drug-likeness (QED) is 0.814. The van der Waals surface area contributed by atoms with E-state index in [1.54, 1.807) is 0 Å². The van der Waals surface area contributed by atoms with Crippen molar-refractivity contribution in [3.05, 3.63) is 34.1 Å². The van der Waals surface area contributed by atoms with E-state index in [-0.39, 0.29) is 11.2 Å². The van der Waals surface area contributed by atoms with Crippen molar-refractivity contribution < 1.29 is 9.13 Å². The van der Waals surface area contributed by atoms with Gasteiger partial charge in [-0.3, -0.25) is 0 Å². The van der Waals surface area contributed by atoms with Crippen LogP contribution in [0.25, 0.3) is 0 Å². The van der Waals surface area contributed by atoms with Crippen LogP contribution >= 0.6 is 0 Å². The highest BCUT2D eigenvalue weighted by atomic mass is 19.1. The summed E-state index contributed by atoms with van der Waals surface area (Å²) in [6, 6.07) is 2.03. The van der Waals surface area contributed by atoms with Gasteiger partial charge in [0.15, 0.2) is 0 Å². The van der Waals surface area contributed by atoms with Crippen LogP contribution in [-0.4, -0.2) is 25.6 Å². The molecule has 2 nitrogen and oxygen atoms in total. The summed E-state index contributed by atoms with van der Waals surface area (Å²) < 4.78 is 20.2. The fourth-order valence-electron chi connectivity index (χ4n) is 2.63. The Balaban J connectivity index is 2.59. The van der Waals surface area contributed by atoms with E-state index in [1.165, 1.54) is 5.56 Å². The third-order valence-electron chi connectivity index (χ3n) is 3.61. The van der Waals surface area contributed by atoms with Crippen LogP contribution in [0.5, 0.6) is 0 Å². The van der Waals surface area contributed by atoms with E-state index in [0.717, 1.165) is 23.2 Å². The molecular formula is C16H24FNO. The molecule has 0 aromatic heterocycles. The summed E-state index contributed by atoms with van der Waals surface area (Å²) in [5.41, 5.74) is 3.79. The van der Waals surface area contributed by atoms with Crippen LogP contribution in [0.3, 0.4) is 0 Å². The third-order valence-corrected chi connectivity index (χ3v) is 3.61. The Kier molecular flexibility index (Phi) is 3.98. The summed E-state index contributed by atoms with van der Waals surface area (Å²) in [6.45, 7) is 8.19. The zero-order valence-corrected chi connectivity index (χ0v) is 12.6. The van der Waals surface area contributed by atoms with E-state index in [9.17, 15) is 4.39 Å². The zero-order valence-electron chi connectivity index (χ0n) is 12.6. The lowest BCUT2D eigenvalue weighted by atomic mass is 9.82. The maximum atomic E-state index is 14.7. The van der Waals surface area contributed by atoms with Crippen LogP contribution in [0.15, 0.2) is 6.07 Å². The highest BCUT2D eigenvalue weighted by Gasteiger charge is 2.26. The Hall–Kier alpha value is -0.930. The Morgan fingerprint density at radius 2 is 1.95 bits per heavy atom. The van der Waals surface area contributed by atoms with E-state index < -0.39 is 0 Å². The van der Waals surface area contributed by atoms with Crippen LogP contribution in [0.4, 0.5) is 4.39 Å². The van der Waals surface area contributed by atoms with Gasteiger partial charge in [-0.1, -0.05) is 26.8 Å². The molecule has 3 heteroatoms. The number of hydrogen-bond donors (Lipinski definition) is 0. The van der Waals surface area contributed by atoms with Gasteiger partial charge in [-0.25, -0.2) is 4.39 Å². The van der Waals surface area contributed by atoms with Gasteiger partial charge in [-0.15, -0.1) is 0 Å². The normalized spacial score (nSPS) is 15.7. The molecule has 0 spiro atoms. The van der Waals surface area contributed by atoms with E-state index in [4.69, 9.17) is 4.74 Å². The highest BCUT2D eigenvalue weighted by Crippen LogP contribution is 2.33. The molecule has 0 unspecified atom stereocenters. The second-order valence-electron chi connectivity index (χ2n) is 6.64. The molecule has 1 aliphatic heterocycles. The number of ether oxygens (including phenoxy) is 1. The monoisotopic (exact) mass is 265 g/mol. The fourth-order valence-corrected chi connectivity index (χ4v) is 2.63. The van der Waals surface area contributed by atoms with Crippen LogP contribution < -0.4 is 0 Å². The summed E-state index contributed by atoms with van der Waals surface area (Å²) in [5.74, 6) is -0.0201. The van der Waals surface area contributed by atoms with Gasteiger partial charge in [-0.05, 0) is 48.2 Å². The zero-order chi connectivity index (χ0) is 14.2. The largest absolute Gasteiger partial charge is 0.376 e. The smallest absolute Gasteiger partial charge is 0.130 e. The van der Waals surface area contributed by atoms with Gasteiger partial charge in [0.05, 0.1) is 13.2 Å². The number of nitrogens with zero attached hydrogens (tertiary/aromatic N) is 1. The average molecular weight is 265 g/mol. The summed E-state index contributed by atoms with van der Waals surface area (Å²) in [7, 11) is 4.08. The first kappa shape index (κ1) is 14.5. The first-order valence-electron chi connectivity index (χ1n) is 6.86. The molecule has 0 saturated heterocycles. The van der Waals surface area contributed by atoms with Crippen LogP contribution in [0.1, 0.15) is 43.0 Å². The topological polar surface area (TPSA) is 12.5 Å². The Bertz CT molecular complexity index is 475. The van der Waals surface area contributed by atoms with Crippen molar-refractivity contribution in [1.29, 1.82) is 0 Å². The Labute approximate surface area is 115 Å². The lowest BCUT2D eigenvalue weighted by molar-refractivity contribution is 0.108. The molecule has 0 amide bonds. The first-order chi connectivity index (χ1) is 8.80. The second-order valence-corrected chi connectivity index (χ2v) is 6.64. The average Bonchev–Trinajstić information content (AvgIpc) is 2.31. The molecule has 0 bridgehead atoms. The van der Waals surface area contributed by atoms with Crippen LogP contribution in [-0.2, 0) is 29.7 Å². The molecule has 0 N–H and O–H groups in total. The molecule has 106 valence electrons. The fraction of sp³-hybridized carbons (Fsp3) is 0.625. The van der Waals surface area contributed by atoms with Crippen LogP contribution in [0.2, 0.25) is 0 Å². The molecule has 0 fully saturated rings. The maximum Gasteiger partial charge on any atom is 0.130 e. The first-order valence-corrected chi connectivity index (χ1v) is 6.86. The van der Waals surface area contributed by atoms with E-state index >= 15 is 0 Å². The van der Waals surface area contributed by atoms with E-state index in [0.29, 0.717) is 19.6 Å². The van der Waals surface area contributed by atoms with Gasteiger partial charge >= 0.3 is 0 Å². The molecule has 1 aromatic carbocycles. The van der Waals surface area contributed by atoms with Crippen molar-refractivity contribution in [2.75, 3.05) is 20.7 Å². The van der Waals surface area contributed by atoms with Crippen molar-refractivity contribution in [1.82, 2.24) is 4.90 Å². The minimum atomic E-state index is -0.168. The molecule has 0 aliphatic carbocycles. The standard InChI is InChI=1S/C16H24FNO/c1-16(2,3)14-8-11(9-18(4)5)13-10-19-7-6-12(13)15(14)17/h8H,6-7,9-10H2,1-5H3. The Morgan fingerprint density at radius 1 is 1.26 bits per heavy atom. The molecule has 1 heterocycles. The molecule has 0 radical (unpaired) electrons. The van der Waals surface area contributed by atoms with Gasteiger partial charge in [0.2, 0.25) is 0 Å². The highest BCUT2D eigenvalue weighted by molar-refractivity contribution is 5.43. The van der Waals surface area contributed by atoms with Crippen molar-refractivity contribution in [2.45, 2.75) is 45.8 Å². The van der Waals surface area contributed by atoms with Gasteiger partial charge in [-0.2, -0.15) is 0 Å². The maximum absolute atomic E-state index is 14.7. The summed E-state index contributed by atoms with van der Waals surface area (Å²) >= 11 is 0. The van der Waals surface area contributed by atoms with Crippen LogP contribution in [0, 0.1) is 5.82 Å². The van der Waals surface area contributed by atoms with E-state index in [2.05, 4.69) is 25.7 Å². The summed E-state index contributed by atoms with van der Waals surface area (Å²) in [4.78, 5) is 2.12. The van der Waals surface area contributed by atoms with Crippen molar-refractivity contribution in [2.24, 2.45) is 0 Å². The molecule has 1 aromatic rings. The van der Waals surface area contributed by atoms with Gasteiger partial charge in [0, 0.05) is 6.54 Å². The minimum absolute atomic E-state index is 0.0201. The number of fused-ring (bicyclic) bond motifs is 1. The molecule has 2 rings (SSSR count). The molecule has 1 aliphatic rings. The minimum Gasteiger partial charge on any atom is -0.376 e. The number of hydrogen-bond acceptors (Lipinski definition) is 2. The van der Waals surface area contributed by atoms with Crippen molar-refractivity contribution in [3.8, 4) is 0 Å². The second kappa shape index (κ2) is 5.22. The lowest BCUT2D eigenvalue weighted by Crippen LogP contribution is -2.23. The predicted octanol–water partition coefficient (Wildman–Crippen LogP) is 3.26. The lowest BCUT2D eigenvalue weighted by Gasteiger charge is -2.28. The molecule has 0 atom stereocenters. The van der Waals surface area contributed by atoms with Crippen molar-refractivity contribution in [3.63, 3.8) is 0 Å². The molecule has 19 heavy (non-hydrogen) atoms. The molecule has 0 saturated carbocycles. The van der Waals surface area contributed by atoms with Gasteiger partial charge < -0.3 is 9.64 Å². The summed E-state index contributed by atoms with van der Waals surface area (Å²) in [5, 5.41) is 0. The number of rotatable bonds is 2. The van der Waals surface area contributed by atoms with Gasteiger partial charge in [0.1, 0.15) is 5.82 Å². The molecular weight excluding hydrogens is 241 g/mol. The SMILES string of the molecule is CN(C)Cc1cc(C(C)(C)C)c(F)c2c1COCC2. The Morgan fingerprint density at radius 3 is 2.53 bits per heavy atom. The van der Waals surface area contributed by atoms with Crippen molar-refractivity contribution >= 4 is 0 Å². The van der Waals surface area contributed by atoms with Gasteiger partial charge in [0.25, 0.3) is 0 Å².